The number of carbonyl (C=O) groups excluding carboxylic acids is 1. The molecule has 0 bridgehead atoms. The molecule has 1 atom stereocenters. The Morgan fingerprint density at radius 1 is 1.20 bits per heavy atom. The Hall–Kier alpha value is -2.10. The van der Waals surface area contributed by atoms with Gasteiger partial charge in [0, 0.05) is 29.3 Å². The van der Waals surface area contributed by atoms with Gasteiger partial charge in [0.25, 0.3) is 5.91 Å². The van der Waals surface area contributed by atoms with E-state index >= 15 is 0 Å². The number of methoxy groups -OCH3 is 1. The maximum atomic E-state index is 13.7. The Balaban J connectivity index is 1.62. The van der Waals surface area contributed by atoms with Crippen molar-refractivity contribution in [2.45, 2.75) is 35.1 Å². The van der Waals surface area contributed by atoms with E-state index in [1.165, 1.54) is 35.7 Å². The molecule has 30 heavy (non-hydrogen) atoms. The maximum absolute atomic E-state index is 13.7. The lowest BCUT2D eigenvalue weighted by Crippen LogP contribution is -2.31. The highest BCUT2D eigenvalue weighted by atomic mass is 32.2. The summed E-state index contributed by atoms with van der Waals surface area (Å²) in [5.74, 6) is 0.266. The fraction of sp³-hybridized carbons (Fsp3) is 0.381. The summed E-state index contributed by atoms with van der Waals surface area (Å²) in [6.45, 7) is 0.925. The van der Waals surface area contributed by atoms with Gasteiger partial charge in [0.2, 0.25) is 10.0 Å². The first-order chi connectivity index (χ1) is 14.4. The molecule has 2 aromatic carbocycles. The molecule has 6 nitrogen and oxygen atoms in total. The topological polar surface area (TPSA) is 75.7 Å². The quantitative estimate of drug-likeness (QED) is 0.754. The summed E-state index contributed by atoms with van der Waals surface area (Å²) in [6.07, 6.45) is 2.30. The van der Waals surface area contributed by atoms with Crippen molar-refractivity contribution >= 4 is 27.7 Å². The average molecular weight is 451 g/mol. The summed E-state index contributed by atoms with van der Waals surface area (Å²) in [5.41, 5.74) is 0.975. The summed E-state index contributed by atoms with van der Waals surface area (Å²) >= 11 is 1.63. The Bertz CT molecular complexity index is 1070. The van der Waals surface area contributed by atoms with Gasteiger partial charge in [0.1, 0.15) is 16.5 Å². The predicted octanol–water partition coefficient (Wildman–Crippen LogP) is 3.59. The van der Waals surface area contributed by atoms with Gasteiger partial charge in [-0.05, 0) is 61.2 Å². The van der Waals surface area contributed by atoms with Gasteiger partial charge in [0.05, 0.1) is 13.2 Å². The van der Waals surface area contributed by atoms with Gasteiger partial charge in [-0.25, -0.2) is 12.8 Å². The van der Waals surface area contributed by atoms with E-state index in [0.717, 1.165) is 29.1 Å². The third-order valence-corrected chi connectivity index (χ3v) is 8.47. The number of rotatable bonds is 5. The molecule has 1 fully saturated rings. The van der Waals surface area contributed by atoms with Crippen LogP contribution in [0.4, 0.5) is 4.39 Å². The van der Waals surface area contributed by atoms with Crippen LogP contribution in [0.15, 0.2) is 46.2 Å². The molecule has 0 aromatic heterocycles. The van der Waals surface area contributed by atoms with Crippen LogP contribution in [-0.4, -0.2) is 44.6 Å². The van der Waals surface area contributed by atoms with Crippen molar-refractivity contribution in [3.05, 3.63) is 53.3 Å². The van der Waals surface area contributed by atoms with Crippen LogP contribution < -0.4 is 10.1 Å². The van der Waals surface area contributed by atoms with Crippen molar-refractivity contribution in [1.29, 1.82) is 0 Å². The van der Waals surface area contributed by atoms with Crippen LogP contribution in [0.1, 0.15) is 41.2 Å². The van der Waals surface area contributed by atoms with Crippen molar-refractivity contribution in [3.63, 3.8) is 0 Å². The zero-order valence-electron chi connectivity index (χ0n) is 16.6. The molecular formula is C21H23FN2O4S2. The molecule has 4 rings (SSSR count). The molecule has 160 valence electrons. The molecular weight excluding hydrogens is 427 g/mol. The van der Waals surface area contributed by atoms with Crippen LogP contribution in [-0.2, 0) is 10.0 Å². The Morgan fingerprint density at radius 2 is 1.97 bits per heavy atom. The minimum atomic E-state index is -3.75. The summed E-state index contributed by atoms with van der Waals surface area (Å²) in [4.78, 5) is 13.9. The van der Waals surface area contributed by atoms with E-state index in [0.29, 0.717) is 19.5 Å². The number of benzene rings is 2. The number of nitrogens with one attached hydrogen (secondary N) is 1. The number of hydrogen-bond donors (Lipinski definition) is 1. The first-order valence-electron chi connectivity index (χ1n) is 9.81. The van der Waals surface area contributed by atoms with Gasteiger partial charge in [0.15, 0.2) is 0 Å². The second-order valence-electron chi connectivity index (χ2n) is 7.32. The molecule has 1 N–H and O–H groups in total. The maximum Gasteiger partial charge on any atom is 0.251 e. The van der Waals surface area contributed by atoms with Crippen LogP contribution >= 0.6 is 11.8 Å². The number of thioether (sulfide) groups is 1. The number of fused-ring (bicyclic) bond motifs is 1. The zero-order chi connectivity index (χ0) is 21.3. The molecule has 0 spiro atoms. The van der Waals surface area contributed by atoms with Crippen LogP contribution in [0.5, 0.6) is 5.75 Å². The predicted molar refractivity (Wildman–Crippen MR) is 113 cm³/mol. The first-order valence-corrected chi connectivity index (χ1v) is 12.2. The van der Waals surface area contributed by atoms with E-state index in [2.05, 4.69) is 5.32 Å². The molecule has 0 radical (unpaired) electrons. The fourth-order valence-electron chi connectivity index (χ4n) is 3.84. The highest BCUT2D eigenvalue weighted by Crippen LogP contribution is 2.37. The molecule has 9 heteroatoms. The lowest BCUT2D eigenvalue weighted by molar-refractivity contribution is 0.0934. The number of amides is 1. The Labute approximate surface area is 179 Å². The standard InChI is InChI=1S/C21H23FN2O4S2/c1-28-18-6-4-14(12-20(18)30(26,27)24-9-2-3-10-24)21(25)23-17-8-11-29-19-7-5-15(22)13-16(17)19/h4-7,12-13,17H,2-3,8-11H2,1H3,(H,23,25)/t17-/m1/s1. The van der Waals surface area contributed by atoms with E-state index in [-0.39, 0.29) is 28.1 Å². The molecule has 0 aliphatic carbocycles. The number of carbonyl (C=O) groups is 1. The molecule has 2 heterocycles. The van der Waals surface area contributed by atoms with Gasteiger partial charge >= 0.3 is 0 Å². The van der Waals surface area contributed by atoms with E-state index in [4.69, 9.17) is 4.74 Å². The lowest BCUT2D eigenvalue weighted by atomic mass is 10.0. The van der Waals surface area contributed by atoms with Crippen LogP contribution in [0.3, 0.4) is 0 Å². The van der Waals surface area contributed by atoms with Crippen LogP contribution in [0, 0.1) is 5.82 Å². The van der Waals surface area contributed by atoms with E-state index in [1.54, 1.807) is 23.9 Å². The normalized spacial score (nSPS) is 19.3. The zero-order valence-corrected chi connectivity index (χ0v) is 18.2. The van der Waals surface area contributed by atoms with Gasteiger partial charge in [-0.1, -0.05) is 0 Å². The lowest BCUT2D eigenvalue weighted by Gasteiger charge is -2.26. The molecule has 0 unspecified atom stereocenters. The van der Waals surface area contributed by atoms with Crippen molar-refractivity contribution in [1.82, 2.24) is 9.62 Å². The molecule has 2 aliphatic heterocycles. The van der Waals surface area contributed by atoms with Crippen LogP contribution in [0.2, 0.25) is 0 Å². The Morgan fingerprint density at radius 3 is 2.70 bits per heavy atom. The number of nitrogens with zero attached hydrogens (tertiary/aromatic N) is 1. The molecule has 2 aromatic rings. The van der Waals surface area contributed by atoms with Gasteiger partial charge in [-0.2, -0.15) is 4.31 Å². The van der Waals surface area contributed by atoms with E-state index in [1.807, 2.05) is 0 Å². The summed E-state index contributed by atoms with van der Waals surface area (Å²) in [7, 11) is -2.34. The van der Waals surface area contributed by atoms with E-state index in [9.17, 15) is 17.6 Å². The summed E-state index contributed by atoms with van der Waals surface area (Å²) in [6, 6.07) is 8.67. The third-order valence-electron chi connectivity index (χ3n) is 5.43. The molecule has 1 saturated heterocycles. The second-order valence-corrected chi connectivity index (χ2v) is 10.4. The third kappa shape index (κ3) is 4.06. The van der Waals surface area contributed by atoms with Crippen molar-refractivity contribution in [3.8, 4) is 5.75 Å². The second kappa shape index (κ2) is 8.56. The number of halogens is 1. The van der Waals surface area contributed by atoms with Crippen molar-refractivity contribution < 1.29 is 22.3 Å². The minimum Gasteiger partial charge on any atom is -0.495 e. The minimum absolute atomic E-state index is 0.00908. The highest BCUT2D eigenvalue weighted by molar-refractivity contribution is 7.99. The molecule has 0 saturated carbocycles. The number of ether oxygens (including phenoxy) is 1. The van der Waals surface area contributed by atoms with Crippen LogP contribution in [0.25, 0.3) is 0 Å². The SMILES string of the molecule is COc1ccc(C(=O)N[C@@H]2CCSc3ccc(F)cc32)cc1S(=O)(=O)N1CCCC1. The smallest absolute Gasteiger partial charge is 0.251 e. The monoisotopic (exact) mass is 450 g/mol. The average Bonchev–Trinajstić information content (AvgIpc) is 3.29. The van der Waals surface area contributed by atoms with Crippen molar-refractivity contribution in [2.24, 2.45) is 0 Å². The number of sulfonamides is 1. The Kier molecular flexibility index (Phi) is 6.04. The van der Waals surface area contributed by atoms with Crippen molar-refractivity contribution in [2.75, 3.05) is 26.0 Å². The number of hydrogen-bond acceptors (Lipinski definition) is 5. The van der Waals surface area contributed by atoms with Gasteiger partial charge in [-0.15, -0.1) is 11.8 Å². The van der Waals surface area contributed by atoms with Gasteiger partial charge in [-0.3, -0.25) is 4.79 Å². The first kappa shape index (κ1) is 21.1. The highest BCUT2D eigenvalue weighted by Gasteiger charge is 2.31. The van der Waals surface area contributed by atoms with Gasteiger partial charge < -0.3 is 10.1 Å². The fourth-order valence-corrected chi connectivity index (χ4v) is 6.65. The van der Waals surface area contributed by atoms with E-state index < -0.39 is 15.9 Å². The molecule has 1 amide bonds. The summed E-state index contributed by atoms with van der Waals surface area (Å²) < 4.78 is 46.5. The largest absolute Gasteiger partial charge is 0.495 e. The molecule has 2 aliphatic rings. The summed E-state index contributed by atoms with van der Waals surface area (Å²) in [5, 5.41) is 2.94.